The number of aliphatic hydroxyl groups excluding tert-OH is 1. The first-order valence-corrected chi connectivity index (χ1v) is 7.16. The van der Waals surface area contributed by atoms with Crippen molar-refractivity contribution in [2.75, 3.05) is 13.1 Å². The Balaban J connectivity index is 1.76. The van der Waals surface area contributed by atoms with E-state index in [-0.39, 0.29) is 18.3 Å². The first-order valence-electron chi connectivity index (χ1n) is 7.16. The highest BCUT2D eigenvalue weighted by atomic mass is 19.1. The number of nitrogens with one attached hydrogen (secondary N) is 1. The zero-order valence-electron chi connectivity index (χ0n) is 12.2. The summed E-state index contributed by atoms with van der Waals surface area (Å²) in [5.41, 5.74) is 7.59. The largest absolute Gasteiger partial charge is 0.386 e. The van der Waals surface area contributed by atoms with Crippen molar-refractivity contribution in [3.05, 3.63) is 71.5 Å². The molecule has 0 aliphatic carbocycles. The van der Waals surface area contributed by atoms with Gasteiger partial charge in [-0.25, -0.2) is 4.39 Å². The summed E-state index contributed by atoms with van der Waals surface area (Å²) in [5, 5.41) is 13.0. The maximum atomic E-state index is 12.8. The molecule has 0 bridgehead atoms. The van der Waals surface area contributed by atoms with Crippen LogP contribution in [0.5, 0.6) is 0 Å². The van der Waals surface area contributed by atoms with Crippen molar-refractivity contribution in [3.63, 3.8) is 0 Å². The molecule has 0 saturated heterocycles. The molecule has 1 atom stereocenters. The Bertz CT molecular complexity index is 599. The second kappa shape index (κ2) is 8.14. The molecule has 0 fully saturated rings. The molecule has 0 saturated carbocycles. The number of guanidine groups is 1. The molecule has 2 aromatic carbocycles. The van der Waals surface area contributed by atoms with E-state index in [1.165, 1.54) is 29.8 Å². The number of aliphatic hydroxyl groups is 1. The first kappa shape index (κ1) is 16.0. The molecule has 2 aromatic rings. The normalized spacial score (nSPS) is 12.9. The van der Waals surface area contributed by atoms with E-state index in [0.717, 1.165) is 6.42 Å². The molecule has 5 heteroatoms. The van der Waals surface area contributed by atoms with E-state index in [9.17, 15) is 9.50 Å². The zero-order chi connectivity index (χ0) is 15.8. The molecule has 0 aliphatic rings. The van der Waals surface area contributed by atoms with Crippen LogP contribution >= 0.6 is 0 Å². The lowest BCUT2D eigenvalue weighted by molar-refractivity contribution is 0.187. The topological polar surface area (TPSA) is 70.6 Å². The third-order valence-corrected chi connectivity index (χ3v) is 3.25. The van der Waals surface area contributed by atoms with Crippen LogP contribution < -0.4 is 11.1 Å². The van der Waals surface area contributed by atoms with E-state index in [2.05, 4.69) is 10.3 Å². The van der Waals surface area contributed by atoms with E-state index < -0.39 is 6.10 Å². The van der Waals surface area contributed by atoms with E-state index in [1.54, 1.807) is 0 Å². The second-order valence-corrected chi connectivity index (χ2v) is 4.96. The number of nitrogens with zero attached hydrogens (tertiary/aromatic N) is 1. The number of rotatable bonds is 6. The summed E-state index contributed by atoms with van der Waals surface area (Å²) in [6.45, 7) is 0.807. The molecule has 4 nitrogen and oxygen atoms in total. The first-order chi connectivity index (χ1) is 10.6. The van der Waals surface area contributed by atoms with E-state index >= 15 is 0 Å². The molecule has 0 amide bonds. The van der Waals surface area contributed by atoms with Gasteiger partial charge in [0.25, 0.3) is 0 Å². The monoisotopic (exact) mass is 301 g/mol. The average molecular weight is 301 g/mol. The molecular weight excluding hydrogens is 281 g/mol. The van der Waals surface area contributed by atoms with Crippen LogP contribution in [-0.2, 0) is 6.42 Å². The molecule has 0 heterocycles. The van der Waals surface area contributed by atoms with Crippen molar-refractivity contribution in [3.8, 4) is 0 Å². The molecule has 0 aromatic heterocycles. The Hall–Kier alpha value is -2.40. The summed E-state index contributed by atoms with van der Waals surface area (Å²) in [5.74, 6) is -0.0429. The summed E-state index contributed by atoms with van der Waals surface area (Å²) in [4.78, 5) is 4.09. The third-order valence-electron chi connectivity index (χ3n) is 3.25. The maximum Gasteiger partial charge on any atom is 0.188 e. The molecule has 1 unspecified atom stereocenters. The van der Waals surface area contributed by atoms with Gasteiger partial charge in [-0.05, 0) is 29.7 Å². The van der Waals surface area contributed by atoms with Crippen molar-refractivity contribution < 1.29 is 9.50 Å². The predicted octanol–water partition coefficient (Wildman–Crippen LogP) is 2.01. The minimum absolute atomic E-state index is 0.135. The van der Waals surface area contributed by atoms with Gasteiger partial charge < -0.3 is 16.2 Å². The molecule has 0 aliphatic heterocycles. The Kier molecular flexibility index (Phi) is 5.91. The van der Waals surface area contributed by atoms with Crippen LogP contribution in [0.15, 0.2) is 59.6 Å². The van der Waals surface area contributed by atoms with Gasteiger partial charge in [-0.15, -0.1) is 0 Å². The Morgan fingerprint density at radius 3 is 2.50 bits per heavy atom. The quantitative estimate of drug-likeness (QED) is 0.564. The van der Waals surface area contributed by atoms with Crippen LogP contribution in [0.1, 0.15) is 17.2 Å². The molecule has 0 radical (unpaired) electrons. The van der Waals surface area contributed by atoms with Gasteiger partial charge >= 0.3 is 0 Å². The van der Waals surface area contributed by atoms with Crippen LogP contribution in [0.4, 0.5) is 4.39 Å². The average Bonchev–Trinajstić information content (AvgIpc) is 2.54. The second-order valence-electron chi connectivity index (χ2n) is 4.96. The summed E-state index contributed by atoms with van der Waals surface area (Å²) in [7, 11) is 0. The number of hydrogen-bond donors (Lipinski definition) is 3. The van der Waals surface area contributed by atoms with Gasteiger partial charge in [0, 0.05) is 6.54 Å². The highest BCUT2D eigenvalue weighted by Crippen LogP contribution is 2.13. The van der Waals surface area contributed by atoms with Gasteiger partial charge in [0.1, 0.15) is 5.82 Å². The third kappa shape index (κ3) is 5.18. The fourth-order valence-corrected chi connectivity index (χ4v) is 2.01. The predicted molar refractivity (Wildman–Crippen MR) is 86.0 cm³/mol. The van der Waals surface area contributed by atoms with Gasteiger partial charge in [0.05, 0.1) is 12.6 Å². The zero-order valence-corrected chi connectivity index (χ0v) is 12.2. The fraction of sp³-hybridized carbons (Fsp3) is 0.235. The van der Waals surface area contributed by atoms with Crippen LogP contribution in [0.25, 0.3) is 0 Å². The summed E-state index contributed by atoms with van der Waals surface area (Å²) in [6, 6.07) is 15.7. The van der Waals surface area contributed by atoms with Crippen LogP contribution in [0, 0.1) is 5.82 Å². The van der Waals surface area contributed by atoms with Crippen molar-refractivity contribution in [1.29, 1.82) is 0 Å². The summed E-state index contributed by atoms with van der Waals surface area (Å²) >= 11 is 0. The maximum absolute atomic E-state index is 12.8. The Morgan fingerprint density at radius 1 is 1.14 bits per heavy atom. The molecule has 22 heavy (non-hydrogen) atoms. The van der Waals surface area contributed by atoms with Crippen LogP contribution in [-0.4, -0.2) is 24.2 Å². The lowest BCUT2D eigenvalue weighted by Crippen LogP contribution is -2.33. The van der Waals surface area contributed by atoms with Gasteiger partial charge in [-0.3, -0.25) is 4.99 Å². The highest BCUT2D eigenvalue weighted by Gasteiger charge is 2.06. The van der Waals surface area contributed by atoms with Gasteiger partial charge in [0.15, 0.2) is 5.96 Å². The summed E-state index contributed by atoms with van der Waals surface area (Å²) in [6.07, 6.45) is 0.0486. The minimum atomic E-state index is -0.796. The molecule has 2 rings (SSSR count). The van der Waals surface area contributed by atoms with Gasteiger partial charge in [0.2, 0.25) is 0 Å². The van der Waals surface area contributed by atoms with Gasteiger partial charge in [-0.2, -0.15) is 0 Å². The number of halogens is 1. The van der Waals surface area contributed by atoms with E-state index in [0.29, 0.717) is 12.1 Å². The van der Waals surface area contributed by atoms with Crippen LogP contribution in [0.2, 0.25) is 0 Å². The number of benzene rings is 2. The van der Waals surface area contributed by atoms with E-state index in [1.807, 2.05) is 30.3 Å². The highest BCUT2D eigenvalue weighted by molar-refractivity contribution is 5.77. The smallest absolute Gasteiger partial charge is 0.188 e. The van der Waals surface area contributed by atoms with Crippen LogP contribution in [0.3, 0.4) is 0 Å². The van der Waals surface area contributed by atoms with Crippen molar-refractivity contribution in [2.45, 2.75) is 12.5 Å². The SMILES string of the molecule is NC(=NCC(O)c1ccc(F)cc1)NCCc1ccccc1. The minimum Gasteiger partial charge on any atom is -0.386 e. The lowest BCUT2D eigenvalue weighted by Gasteiger charge is -2.10. The van der Waals surface area contributed by atoms with Gasteiger partial charge in [-0.1, -0.05) is 42.5 Å². The number of nitrogens with two attached hydrogens (primary N) is 1. The van der Waals surface area contributed by atoms with Crippen molar-refractivity contribution in [1.82, 2.24) is 5.32 Å². The molecular formula is C17H20FN3O. The molecule has 116 valence electrons. The Morgan fingerprint density at radius 2 is 1.82 bits per heavy atom. The lowest BCUT2D eigenvalue weighted by atomic mass is 10.1. The molecule has 4 N–H and O–H groups in total. The van der Waals surface area contributed by atoms with Crippen molar-refractivity contribution >= 4 is 5.96 Å². The van der Waals surface area contributed by atoms with E-state index in [4.69, 9.17) is 5.73 Å². The summed E-state index contributed by atoms with van der Waals surface area (Å²) < 4.78 is 12.8. The number of aliphatic imine (C=N–C) groups is 1. The molecule has 0 spiro atoms. The standard InChI is InChI=1S/C17H20FN3O/c18-15-8-6-14(7-9-15)16(22)12-21-17(19)20-11-10-13-4-2-1-3-5-13/h1-9,16,22H,10-12H2,(H3,19,20,21). The van der Waals surface area contributed by atoms with Crippen molar-refractivity contribution in [2.24, 2.45) is 10.7 Å². The number of hydrogen-bond acceptors (Lipinski definition) is 2. The fourth-order valence-electron chi connectivity index (χ4n) is 2.01. The Labute approximate surface area is 129 Å².